The summed E-state index contributed by atoms with van der Waals surface area (Å²) >= 11 is 0. The SMILES string of the molecule is COc1cc([N+](=O)[O-])ccc1NCc1ccnc(C)n1. The molecule has 0 saturated heterocycles. The molecule has 0 bridgehead atoms. The Bertz CT molecular complexity index is 631. The fourth-order valence-corrected chi connectivity index (χ4v) is 1.73. The molecule has 7 nitrogen and oxygen atoms in total. The molecule has 104 valence electrons. The maximum Gasteiger partial charge on any atom is 0.273 e. The molecule has 1 N–H and O–H groups in total. The van der Waals surface area contributed by atoms with Crippen LogP contribution >= 0.6 is 0 Å². The number of methoxy groups -OCH3 is 1. The van der Waals surface area contributed by atoms with E-state index in [4.69, 9.17) is 4.74 Å². The molecule has 1 aromatic heterocycles. The number of hydrogen-bond acceptors (Lipinski definition) is 6. The predicted molar refractivity (Wildman–Crippen MR) is 73.7 cm³/mol. The number of nitro benzene ring substituents is 1. The van der Waals surface area contributed by atoms with Crippen molar-refractivity contribution in [1.29, 1.82) is 0 Å². The zero-order chi connectivity index (χ0) is 14.5. The van der Waals surface area contributed by atoms with E-state index in [0.29, 0.717) is 23.8 Å². The quantitative estimate of drug-likeness (QED) is 0.664. The van der Waals surface area contributed by atoms with Gasteiger partial charge in [-0.1, -0.05) is 0 Å². The van der Waals surface area contributed by atoms with E-state index in [0.717, 1.165) is 5.69 Å². The zero-order valence-electron chi connectivity index (χ0n) is 11.2. The zero-order valence-corrected chi connectivity index (χ0v) is 11.2. The largest absolute Gasteiger partial charge is 0.494 e. The molecule has 0 fully saturated rings. The molecular formula is C13H14N4O3. The van der Waals surface area contributed by atoms with Gasteiger partial charge in [-0.3, -0.25) is 10.1 Å². The number of anilines is 1. The van der Waals surface area contributed by atoms with Crippen LogP contribution in [0.3, 0.4) is 0 Å². The highest BCUT2D eigenvalue weighted by atomic mass is 16.6. The minimum atomic E-state index is -0.458. The lowest BCUT2D eigenvalue weighted by atomic mass is 10.2. The van der Waals surface area contributed by atoms with Crippen LogP contribution in [0.25, 0.3) is 0 Å². The third-order valence-corrected chi connectivity index (χ3v) is 2.69. The van der Waals surface area contributed by atoms with Gasteiger partial charge in [0.25, 0.3) is 5.69 Å². The lowest BCUT2D eigenvalue weighted by Crippen LogP contribution is -2.04. The van der Waals surface area contributed by atoms with Crippen LogP contribution in [-0.2, 0) is 6.54 Å². The molecule has 0 amide bonds. The van der Waals surface area contributed by atoms with Crippen LogP contribution in [0.1, 0.15) is 11.5 Å². The van der Waals surface area contributed by atoms with E-state index in [9.17, 15) is 10.1 Å². The molecular weight excluding hydrogens is 260 g/mol. The van der Waals surface area contributed by atoms with Crippen LogP contribution in [0.4, 0.5) is 11.4 Å². The molecule has 0 radical (unpaired) electrons. The van der Waals surface area contributed by atoms with Crippen LogP contribution in [0.15, 0.2) is 30.5 Å². The average molecular weight is 274 g/mol. The van der Waals surface area contributed by atoms with Gasteiger partial charge in [0.1, 0.15) is 11.6 Å². The molecule has 1 heterocycles. The van der Waals surface area contributed by atoms with Gasteiger partial charge in [0, 0.05) is 12.3 Å². The van der Waals surface area contributed by atoms with Gasteiger partial charge in [-0.25, -0.2) is 9.97 Å². The second-order valence-electron chi connectivity index (χ2n) is 4.09. The number of non-ortho nitro benzene ring substituents is 1. The highest BCUT2D eigenvalue weighted by Crippen LogP contribution is 2.29. The smallest absolute Gasteiger partial charge is 0.273 e. The second-order valence-corrected chi connectivity index (χ2v) is 4.09. The van der Waals surface area contributed by atoms with Crippen LogP contribution in [0.2, 0.25) is 0 Å². The van der Waals surface area contributed by atoms with E-state index >= 15 is 0 Å². The Kier molecular flexibility index (Phi) is 4.09. The van der Waals surface area contributed by atoms with Crippen molar-refractivity contribution in [2.45, 2.75) is 13.5 Å². The maximum absolute atomic E-state index is 10.7. The van der Waals surface area contributed by atoms with E-state index in [1.807, 2.05) is 6.92 Å². The van der Waals surface area contributed by atoms with Gasteiger partial charge in [0.05, 0.1) is 36.0 Å². The van der Waals surface area contributed by atoms with Gasteiger partial charge < -0.3 is 10.1 Å². The summed E-state index contributed by atoms with van der Waals surface area (Å²) in [7, 11) is 1.47. The van der Waals surface area contributed by atoms with Crippen molar-refractivity contribution in [2.75, 3.05) is 12.4 Å². The summed E-state index contributed by atoms with van der Waals surface area (Å²) in [5.41, 5.74) is 1.50. The Morgan fingerprint density at radius 1 is 1.40 bits per heavy atom. The predicted octanol–water partition coefficient (Wildman–Crippen LogP) is 2.31. The molecule has 0 saturated carbocycles. The lowest BCUT2D eigenvalue weighted by molar-refractivity contribution is -0.384. The maximum atomic E-state index is 10.7. The van der Waals surface area contributed by atoms with E-state index in [1.165, 1.54) is 19.2 Å². The summed E-state index contributed by atoms with van der Waals surface area (Å²) in [5, 5.41) is 13.8. The number of nitrogens with one attached hydrogen (secondary N) is 1. The van der Waals surface area contributed by atoms with E-state index in [-0.39, 0.29) is 5.69 Å². The minimum absolute atomic E-state index is 0.00900. The molecule has 1 aromatic carbocycles. The lowest BCUT2D eigenvalue weighted by Gasteiger charge is -2.10. The summed E-state index contributed by atoms with van der Waals surface area (Å²) in [4.78, 5) is 18.5. The number of aryl methyl sites for hydroxylation is 1. The Morgan fingerprint density at radius 2 is 2.20 bits per heavy atom. The molecule has 7 heteroatoms. The topological polar surface area (TPSA) is 90.2 Å². The molecule has 0 aliphatic rings. The molecule has 0 atom stereocenters. The van der Waals surface area contributed by atoms with Crippen molar-refractivity contribution < 1.29 is 9.66 Å². The first-order chi connectivity index (χ1) is 9.60. The molecule has 2 aromatic rings. The first kappa shape index (κ1) is 13.7. The van der Waals surface area contributed by atoms with Crippen LogP contribution in [-0.4, -0.2) is 22.0 Å². The normalized spacial score (nSPS) is 10.1. The Morgan fingerprint density at radius 3 is 2.85 bits per heavy atom. The fourth-order valence-electron chi connectivity index (χ4n) is 1.73. The molecule has 0 spiro atoms. The summed E-state index contributed by atoms with van der Waals surface area (Å²) < 4.78 is 5.15. The Hall–Kier alpha value is -2.70. The molecule has 0 aliphatic heterocycles. The van der Waals surface area contributed by atoms with Crippen molar-refractivity contribution in [3.05, 3.63) is 52.1 Å². The number of nitro groups is 1. The van der Waals surface area contributed by atoms with Gasteiger partial charge >= 0.3 is 0 Å². The number of benzene rings is 1. The van der Waals surface area contributed by atoms with Gasteiger partial charge in [0.2, 0.25) is 0 Å². The van der Waals surface area contributed by atoms with Crippen molar-refractivity contribution in [1.82, 2.24) is 9.97 Å². The third kappa shape index (κ3) is 3.19. The molecule has 2 rings (SSSR count). The van der Waals surface area contributed by atoms with E-state index in [1.54, 1.807) is 18.3 Å². The average Bonchev–Trinajstić information content (AvgIpc) is 2.45. The van der Waals surface area contributed by atoms with Gasteiger partial charge in [-0.2, -0.15) is 0 Å². The highest BCUT2D eigenvalue weighted by molar-refractivity contribution is 5.60. The summed E-state index contributed by atoms with van der Waals surface area (Å²) in [6.45, 7) is 2.30. The van der Waals surface area contributed by atoms with Crippen molar-refractivity contribution in [3.63, 3.8) is 0 Å². The van der Waals surface area contributed by atoms with Crippen LogP contribution in [0, 0.1) is 17.0 Å². The van der Waals surface area contributed by atoms with Crippen molar-refractivity contribution >= 4 is 11.4 Å². The number of nitrogens with zero attached hydrogens (tertiary/aromatic N) is 3. The van der Waals surface area contributed by atoms with Gasteiger partial charge in [0.15, 0.2) is 0 Å². The number of aromatic nitrogens is 2. The summed E-state index contributed by atoms with van der Waals surface area (Å²) in [6, 6.07) is 6.23. The first-order valence-electron chi connectivity index (χ1n) is 5.95. The standard InChI is InChI=1S/C13H14N4O3/c1-9-14-6-5-10(16-9)8-15-12-4-3-11(17(18)19)7-13(12)20-2/h3-7,15H,8H2,1-2H3. The summed E-state index contributed by atoms with van der Waals surface area (Å²) in [6.07, 6.45) is 1.69. The Balaban J connectivity index is 2.15. The Labute approximate surface area is 115 Å². The monoisotopic (exact) mass is 274 g/mol. The fraction of sp³-hybridized carbons (Fsp3) is 0.231. The second kappa shape index (κ2) is 5.96. The molecule has 0 aliphatic carbocycles. The highest BCUT2D eigenvalue weighted by Gasteiger charge is 2.11. The minimum Gasteiger partial charge on any atom is -0.494 e. The first-order valence-corrected chi connectivity index (χ1v) is 5.95. The van der Waals surface area contributed by atoms with E-state index < -0.39 is 4.92 Å². The van der Waals surface area contributed by atoms with Crippen LogP contribution in [0.5, 0.6) is 5.75 Å². The molecule has 0 unspecified atom stereocenters. The summed E-state index contributed by atoms with van der Waals surface area (Å²) in [5.74, 6) is 1.12. The number of ether oxygens (including phenoxy) is 1. The number of hydrogen-bond donors (Lipinski definition) is 1. The van der Waals surface area contributed by atoms with Gasteiger partial charge in [-0.15, -0.1) is 0 Å². The van der Waals surface area contributed by atoms with Crippen molar-refractivity contribution in [3.8, 4) is 5.75 Å². The third-order valence-electron chi connectivity index (χ3n) is 2.69. The van der Waals surface area contributed by atoms with Crippen molar-refractivity contribution in [2.24, 2.45) is 0 Å². The number of rotatable bonds is 5. The van der Waals surface area contributed by atoms with E-state index in [2.05, 4.69) is 15.3 Å². The van der Waals surface area contributed by atoms with Gasteiger partial charge in [-0.05, 0) is 19.1 Å². The molecule has 20 heavy (non-hydrogen) atoms. The van der Waals surface area contributed by atoms with Crippen LogP contribution < -0.4 is 10.1 Å².